The van der Waals surface area contributed by atoms with E-state index in [1.165, 1.54) is 99.5 Å². The molecule has 6 aliphatic rings. The van der Waals surface area contributed by atoms with Gasteiger partial charge in [-0.05, 0) is 358 Å². The van der Waals surface area contributed by atoms with E-state index in [1.807, 2.05) is 154 Å². The van der Waals surface area contributed by atoms with Gasteiger partial charge in [0.2, 0.25) is 0 Å². The fourth-order valence-electron chi connectivity index (χ4n) is 20.7. The monoisotopic (exact) mass is 1740 g/mol. The lowest BCUT2D eigenvalue weighted by Crippen LogP contribution is -2.42. The molecule has 10 atom stereocenters. The van der Waals surface area contributed by atoms with Gasteiger partial charge in [-0.3, -0.25) is 0 Å². The van der Waals surface area contributed by atoms with Gasteiger partial charge in [-0.2, -0.15) is 21.0 Å². The van der Waals surface area contributed by atoms with Gasteiger partial charge >= 0.3 is 0 Å². The fourth-order valence-corrected chi connectivity index (χ4v) is 21.1. The number of hydrogen-bond acceptors (Lipinski definition) is 11. The van der Waals surface area contributed by atoms with Crippen molar-refractivity contribution in [2.45, 2.75) is 281 Å². The second-order valence-corrected chi connectivity index (χ2v) is 44.4. The maximum Gasteiger partial charge on any atom is 0.131 e. The molecule has 12 heteroatoms. The Morgan fingerprint density at radius 1 is 0.415 bits per heavy atom. The van der Waals surface area contributed by atoms with Crippen LogP contribution in [0, 0.1) is 146 Å². The number of fused-ring (bicyclic) bond motifs is 10. The van der Waals surface area contributed by atoms with Crippen LogP contribution in [0.5, 0.6) is 11.5 Å². The number of ether oxygens (including phenoxy) is 2. The summed E-state index contributed by atoms with van der Waals surface area (Å²) < 4.78 is 13.4. The van der Waals surface area contributed by atoms with Gasteiger partial charge in [0.25, 0.3) is 0 Å². The summed E-state index contributed by atoms with van der Waals surface area (Å²) in [6.07, 6.45) is 22.1. The zero-order valence-corrected chi connectivity index (χ0v) is 83.3. The quantitative estimate of drug-likeness (QED) is 0.152. The van der Waals surface area contributed by atoms with Gasteiger partial charge in [0, 0.05) is 58.3 Å². The molecule has 0 saturated heterocycles. The summed E-state index contributed by atoms with van der Waals surface area (Å²) >= 11 is 1.52. The minimum atomic E-state index is -0.00905. The summed E-state index contributed by atoms with van der Waals surface area (Å²) in [6.45, 7) is 51.7. The van der Waals surface area contributed by atoms with Crippen LogP contribution >= 0.6 is 11.3 Å². The van der Waals surface area contributed by atoms with Crippen molar-refractivity contribution in [3.05, 3.63) is 292 Å². The van der Waals surface area contributed by atoms with E-state index in [1.54, 1.807) is 40.3 Å². The SMILES string of the molecule is CC(C)(C)c1cc(C#N)cc(C#Cc2ccccn2)c1.CC(C)(C)c1cc(C#N)cc(C#Cc2cscn2)c1.COc1cc2c(cc1C(C)(C)C)C1CC[C@@]3(C)C(CC[C@@H]3C)C1CC2.COc1ccc2c(c1C(C)(C)C)CCC1C2CC[C@@]2(C)C1CC[C@@H]2C.Cc1cccc(C#Cc2cc(C#N)cc(C(C)(C)C)c2)n1.Cn1cnc(C#Cc2cc(C#N)cc(C(C)(C)C)c2)c1. The topological polar surface area (TPSA) is 170 Å². The number of thiazole rings is 1. The minimum absolute atomic E-state index is 0.00389. The van der Waals surface area contributed by atoms with Crippen LogP contribution in [0.25, 0.3) is 0 Å². The molecule has 6 aliphatic carbocycles. The summed E-state index contributed by atoms with van der Waals surface area (Å²) in [5.41, 5.74) is 27.0. The Labute approximate surface area is 784 Å². The van der Waals surface area contributed by atoms with Crippen LogP contribution in [0.2, 0.25) is 0 Å². The number of pyridine rings is 2. The highest BCUT2D eigenvalue weighted by molar-refractivity contribution is 7.07. The number of nitriles is 4. The Morgan fingerprint density at radius 2 is 0.854 bits per heavy atom. The smallest absolute Gasteiger partial charge is 0.131 e. The fraction of sp³-hybridized carbons (Fsp3) is 0.458. The third-order valence-corrected chi connectivity index (χ3v) is 29.0. The molecule has 0 radical (unpaired) electrons. The lowest BCUT2D eigenvalue weighted by molar-refractivity contribution is 0.0334. The van der Waals surface area contributed by atoms with E-state index >= 15 is 0 Å². The van der Waals surface area contributed by atoms with E-state index in [0.717, 1.165) is 132 Å². The summed E-state index contributed by atoms with van der Waals surface area (Å²) in [5, 5.41) is 38.4. The second-order valence-electron chi connectivity index (χ2n) is 43.7. The van der Waals surface area contributed by atoms with Gasteiger partial charge in [0.1, 0.15) is 34.3 Å². The van der Waals surface area contributed by atoms with Gasteiger partial charge in [0.05, 0.1) is 72.6 Å². The molecule has 4 fully saturated rings. The lowest BCUT2D eigenvalue weighted by Gasteiger charge is -2.51. The van der Waals surface area contributed by atoms with Gasteiger partial charge in [-0.1, -0.05) is 200 Å². The highest BCUT2D eigenvalue weighted by Gasteiger charge is 2.55. The largest absolute Gasteiger partial charge is 0.496 e. The third-order valence-electron chi connectivity index (χ3n) is 28.4. The van der Waals surface area contributed by atoms with E-state index in [9.17, 15) is 0 Å². The predicted molar refractivity (Wildman–Crippen MR) is 533 cm³/mol. The number of imidazole rings is 1. The zero-order valence-electron chi connectivity index (χ0n) is 82.4. The molecule has 4 aromatic heterocycles. The average Bonchev–Trinajstić information content (AvgIpc) is 1.43. The van der Waals surface area contributed by atoms with E-state index in [4.69, 9.17) is 30.5 Å². The Balaban J connectivity index is 0.000000151. The van der Waals surface area contributed by atoms with Crippen LogP contribution in [0.3, 0.4) is 0 Å². The molecule has 0 bridgehead atoms. The predicted octanol–water partition coefficient (Wildman–Crippen LogP) is 27.3. The maximum atomic E-state index is 9.16. The van der Waals surface area contributed by atoms with Crippen molar-refractivity contribution in [2.75, 3.05) is 14.2 Å². The van der Waals surface area contributed by atoms with E-state index in [0.29, 0.717) is 33.1 Å². The Bertz CT molecular complexity index is 6120. The first kappa shape index (κ1) is 98.8. The molecule has 4 heterocycles. The first-order valence-corrected chi connectivity index (χ1v) is 47.6. The van der Waals surface area contributed by atoms with Crippen LogP contribution in [0.15, 0.2) is 163 Å². The molecule has 0 amide bonds. The number of nitrogens with zero attached hydrogens (tertiary/aromatic N) is 9. The first-order chi connectivity index (χ1) is 61.3. The molecular formula is C118H137N9O2S. The number of hydrogen-bond donors (Lipinski definition) is 0. The normalized spacial score (nSPS) is 20.7. The molecule has 10 aromatic rings. The number of benzene rings is 6. The van der Waals surface area contributed by atoms with Crippen molar-refractivity contribution in [1.29, 1.82) is 21.0 Å². The van der Waals surface area contributed by atoms with Crippen molar-refractivity contribution >= 4 is 11.3 Å². The van der Waals surface area contributed by atoms with Crippen molar-refractivity contribution < 1.29 is 9.47 Å². The zero-order chi connectivity index (χ0) is 94.6. The number of aryl methyl sites for hydroxylation is 3. The van der Waals surface area contributed by atoms with Crippen molar-refractivity contribution in [3.63, 3.8) is 0 Å². The number of rotatable bonds is 2. The maximum absolute atomic E-state index is 9.16. The van der Waals surface area contributed by atoms with Gasteiger partial charge < -0.3 is 14.0 Å². The number of aromatic nitrogens is 5. The average molecular weight is 1750 g/mol. The Morgan fingerprint density at radius 3 is 1.25 bits per heavy atom. The van der Waals surface area contributed by atoms with Gasteiger partial charge in [-0.25, -0.2) is 19.9 Å². The standard InChI is InChI=1S/2C24H36O.C19H18N2.C18H16N2.C17H17N3.C16H14N2S/c1-15-7-11-20-18-8-9-19-16(17(18)13-14-24(15,20)5)10-12-21(25-6)22(19)23(2,3)4;1-15-7-10-20-18-9-8-16-13-22(25-6)21(23(2,3)4)14-19(16)17(18)11-12-24(15,20)5;1-14-6-5-7-18(21-14)9-8-15-10-16(13-20)12-17(11-15)19(2,3)4;1-18(2,3)16-11-14(10-15(12-16)13-19)7-8-17-6-4-5-9-20-17;1-17(2,3)15-8-13(7-14(9-15)10-18)5-6-16-11-20(4)12-19-16;1-16(2,3)14-7-12(6-13(8-14)9-17)4-5-15-10-19-11-18-15/h10,12,15,17-18,20H,7-9,11,13-14H2,1-6H3;13-15,17-18,20H,7-12H2,1-6H3;5-7,10-12H,1-4H3;4-6,9-12H,1-3H3;7-9,11-12H,1-4H3;6-8,10-11H,1-3H3/t2*15-,17?,18?,20?,24+;;;;/m00..../s1. The molecule has 0 N–H and O–H groups in total. The summed E-state index contributed by atoms with van der Waals surface area (Å²) in [7, 11) is 5.56. The Hall–Kier alpha value is -11.7. The van der Waals surface area contributed by atoms with Crippen LogP contribution in [0.4, 0.5) is 0 Å². The van der Waals surface area contributed by atoms with Crippen LogP contribution in [-0.2, 0) is 52.4 Å². The van der Waals surface area contributed by atoms with Crippen molar-refractivity contribution in [1.82, 2.24) is 24.5 Å². The molecular weight excluding hydrogens is 1610 g/mol. The van der Waals surface area contributed by atoms with Crippen molar-refractivity contribution in [3.8, 4) is 83.1 Å². The van der Waals surface area contributed by atoms with Crippen LogP contribution in [0.1, 0.15) is 357 Å². The van der Waals surface area contributed by atoms with E-state index < -0.39 is 0 Å². The van der Waals surface area contributed by atoms with Gasteiger partial charge in [-0.15, -0.1) is 11.3 Å². The highest BCUT2D eigenvalue weighted by atomic mass is 32.1. The van der Waals surface area contributed by atoms with Gasteiger partial charge in [0.15, 0.2) is 0 Å². The molecule has 0 aliphatic heterocycles. The molecule has 672 valence electrons. The van der Waals surface area contributed by atoms with E-state index in [2.05, 4.69) is 268 Å². The summed E-state index contributed by atoms with van der Waals surface area (Å²) in [5.74, 6) is 33.8. The molecule has 16 rings (SSSR count). The minimum Gasteiger partial charge on any atom is -0.496 e. The lowest BCUT2D eigenvalue weighted by atomic mass is 9.54. The van der Waals surface area contributed by atoms with Crippen LogP contribution < -0.4 is 9.47 Å². The summed E-state index contributed by atoms with van der Waals surface area (Å²) in [6, 6.07) is 52.9. The Kier molecular flexibility index (Phi) is 31.3. The first-order valence-electron chi connectivity index (χ1n) is 46.7. The van der Waals surface area contributed by atoms with Crippen LogP contribution in [-0.4, -0.2) is 38.7 Å². The molecule has 0 spiro atoms. The third kappa shape index (κ3) is 24.5. The summed E-state index contributed by atoms with van der Waals surface area (Å²) in [4.78, 5) is 16.8. The highest BCUT2D eigenvalue weighted by Crippen LogP contribution is 2.65. The molecule has 6 unspecified atom stereocenters. The second kappa shape index (κ2) is 41.1. The molecule has 6 aromatic carbocycles. The number of methoxy groups -OCH3 is 2. The molecule has 11 nitrogen and oxygen atoms in total. The van der Waals surface area contributed by atoms with Crippen molar-refractivity contribution in [2.24, 2.45) is 53.4 Å². The molecule has 4 saturated carbocycles. The molecule has 130 heavy (non-hydrogen) atoms. The van der Waals surface area contributed by atoms with E-state index in [-0.39, 0.29) is 32.5 Å².